The second kappa shape index (κ2) is 5.54. The molecule has 2 aliphatic rings. The van der Waals surface area contributed by atoms with Crippen LogP contribution in [0.3, 0.4) is 0 Å². The Labute approximate surface area is 117 Å². The molecule has 1 aliphatic carbocycles. The minimum Gasteiger partial charge on any atom is -0.368 e. The Morgan fingerprint density at radius 1 is 1.16 bits per heavy atom. The average Bonchev–Trinajstić information content (AvgIpc) is 2.46. The van der Waals surface area contributed by atoms with E-state index >= 15 is 0 Å². The average molecular weight is 258 g/mol. The van der Waals surface area contributed by atoms with Gasteiger partial charge >= 0.3 is 0 Å². The fourth-order valence-electron chi connectivity index (χ4n) is 4.03. The minimum absolute atomic E-state index is 0.651. The monoisotopic (exact) mass is 258 g/mol. The summed E-state index contributed by atoms with van der Waals surface area (Å²) in [5, 5.41) is 0. The fourth-order valence-corrected chi connectivity index (χ4v) is 4.03. The lowest BCUT2D eigenvalue weighted by atomic mass is 9.78. The number of fused-ring (bicyclic) bond motifs is 1. The number of anilines is 1. The third-order valence-electron chi connectivity index (χ3n) is 5.12. The molecule has 19 heavy (non-hydrogen) atoms. The van der Waals surface area contributed by atoms with Crippen molar-refractivity contribution >= 4 is 5.69 Å². The third-order valence-corrected chi connectivity index (χ3v) is 5.12. The van der Waals surface area contributed by atoms with Gasteiger partial charge in [-0.05, 0) is 61.8 Å². The molecule has 2 nitrogen and oxygen atoms in total. The van der Waals surface area contributed by atoms with E-state index in [9.17, 15) is 0 Å². The molecule has 3 rings (SSSR count). The molecular weight excluding hydrogens is 232 g/mol. The van der Waals surface area contributed by atoms with Gasteiger partial charge in [-0.15, -0.1) is 0 Å². The standard InChI is InChI=1S/C17H26N2/c1-13-11-16(9-8-15(13)12-18)19-10-4-6-14-5-2-3-7-17(14)19/h8-9,11,14,17H,2-7,10,12,18H2,1H3. The maximum atomic E-state index is 5.77. The largest absolute Gasteiger partial charge is 0.368 e. The molecule has 0 amide bonds. The van der Waals surface area contributed by atoms with Crippen molar-refractivity contribution in [3.8, 4) is 0 Å². The molecule has 2 fully saturated rings. The summed E-state index contributed by atoms with van der Waals surface area (Å²) in [6.45, 7) is 4.08. The van der Waals surface area contributed by atoms with Crippen LogP contribution in [0.5, 0.6) is 0 Å². The first-order chi connectivity index (χ1) is 9.29. The number of rotatable bonds is 2. The zero-order chi connectivity index (χ0) is 13.2. The van der Waals surface area contributed by atoms with Gasteiger partial charge in [0.15, 0.2) is 0 Å². The highest BCUT2D eigenvalue weighted by molar-refractivity contribution is 5.52. The zero-order valence-corrected chi connectivity index (χ0v) is 12.1. The lowest BCUT2D eigenvalue weighted by molar-refractivity contribution is 0.244. The highest BCUT2D eigenvalue weighted by Crippen LogP contribution is 2.38. The number of benzene rings is 1. The predicted molar refractivity (Wildman–Crippen MR) is 81.4 cm³/mol. The molecule has 0 bridgehead atoms. The van der Waals surface area contributed by atoms with E-state index in [2.05, 4.69) is 30.0 Å². The molecule has 104 valence electrons. The Morgan fingerprint density at radius 3 is 2.74 bits per heavy atom. The minimum atomic E-state index is 0.651. The second-order valence-corrected chi connectivity index (χ2v) is 6.26. The molecule has 1 aromatic rings. The van der Waals surface area contributed by atoms with E-state index in [1.165, 1.54) is 61.9 Å². The molecule has 0 radical (unpaired) electrons. The van der Waals surface area contributed by atoms with E-state index in [4.69, 9.17) is 5.73 Å². The van der Waals surface area contributed by atoms with Crippen LogP contribution in [0.2, 0.25) is 0 Å². The highest BCUT2D eigenvalue weighted by Gasteiger charge is 2.33. The van der Waals surface area contributed by atoms with E-state index in [-0.39, 0.29) is 0 Å². The summed E-state index contributed by atoms with van der Waals surface area (Å²) in [7, 11) is 0. The first-order valence-corrected chi connectivity index (χ1v) is 7.86. The molecule has 2 heteroatoms. The topological polar surface area (TPSA) is 29.3 Å². The molecule has 0 aromatic heterocycles. The van der Waals surface area contributed by atoms with Crippen LogP contribution in [0, 0.1) is 12.8 Å². The molecular formula is C17H26N2. The van der Waals surface area contributed by atoms with E-state index in [0.717, 1.165) is 12.0 Å². The van der Waals surface area contributed by atoms with Crippen molar-refractivity contribution in [3.05, 3.63) is 29.3 Å². The maximum absolute atomic E-state index is 5.77. The summed E-state index contributed by atoms with van der Waals surface area (Å²) in [5.41, 5.74) is 9.82. The third kappa shape index (κ3) is 2.51. The van der Waals surface area contributed by atoms with Crippen LogP contribution in [-0.2, 0) is 6.54 Å². The summed E-state index contributed by atoms with van der Waals surface area (Å²) in [6, 6.07) is 7.65. The van der Waals surface area contributed by atoms with Crippen molar-refractivity contribution < 1.29 is 0 Å². The van der Waals surface area contributed by atoms with Crippen molar-refractivity contribution in [3.63, 3.8) is 0 Å². The predicted octanol–water partition coefficient (Wildman–Crippen LogP) is 3.61. The molecule has 1 heterocycles. The lowest BCUT2D eigenvalue weighted by Crippen LogP contribution is -2.46. The Morgan fingerprint density at radius 2 is 1.95 bits per heavy atom. The van der Waals surface area contributed by atoms with E-state index in [1.807, 2.05) is 0 Å². The Bertz CT molecular complexity index is 439. The number of hydrogen-bond donors (Lipinski definition) is 1. The summed E-state index contributed by atoms with van der Waals surface area (Å²) in [4.78, 5) is 2.68. The maximum Gasteiger partial charge on any atom is 0.0371 e. The van der Waals surface area contributed by atoms with Crippen molar-refractivity contribution in [2.75, 3.05) is 11.4 Å². The first kappa shape index (κ1) is 13.0. The smallest absolute Gasteiger partial charge is 0.0371 e. The van der Waals surface area contributed by atoms with Crippen molar-refractivity contribution in [2.45, 2.75) is 58.0 Å². The fraction of sp³-hybridized carbons (Fsp3) is 0.647. The Balaban J connectivity index is 1.85. The molecule has 2 N–H and O–H groups in total. The summed E-state index contributed by atoms with van der Waals surface area (Å²) in [6.07, 6.45) is 8.50. The van der Waals surface area contributed by atoms with Crippen LogP contribution >= 0.6 is 0 Å². The van der Waals surface area contributed by atoms with E-state index in [1.54, 1.807) is 0 Å². The van der Waals surface area contributed by atoms with E-state index < -0.39 is 0 Å². The second-order valence-electron chi connectivity index (χ2n) is 6.26. The van der Waals surface area contributed by atoms with Gasteiger partial charge in [0, 0.05) is 24.8 Å². The highest BCUT2D eigenvalue weighted by atomic mass is 15.2. The normalized spacial score (nSPS) is 27.2. The van der Waals surface area contributed by atoms with Crippen LogP contribution < -0.4 is 10.6 Å². The number of aryl methyl sites for hydroxylation is 1. The van der Waals surface area contributed by atoms with Crippen LogP contribution in [0.4, 0.5) is 5.69 Å². The van der Waals surface area contributed by atoms with Gasteiger partial charge in [0.05, 0.1) is 0 Å². The summed E-state index contributed by atoms with van der Waals surface area (Å²) >= 11 is 0. The molecule has 0 spiro atoms. The molecule has 2 unspecified atom stereocenters. The summed E-state index contributed by atoms with van der Waals surface area (Å²) in [5.74, 6) is 0.942. The molecule has 2 atom stereocenters. The number of nitrogens with two attached hydrogens (primary N) is 1. The Hall–Kier alpha value is -1.02. The van der Waals surface area contributed by atoms with Crippen LogP contribution in [0.25, 0.3) is 0 Å². The van der Waals surface area contributed by atoms with Gasteiger partial charge in [0.2, 0.25) is 0 Å². The quantitative estimate of drug-likeness (QED) is 0.878. The number of hydrogen-bond acceptors (Lipinski definition) is 2. The number of piperidine rings is 1. The SMILES string of the molecule is Cc1cc(N2CCCC3CCCCC32)ccc1CN. The van der Waals surface area contributed by atoms with Crippen molar-refractivity contribution in [1.82, 2.24) is 0 Å². The van der Waals surface area contributed by atoms with Gasteiger partial charge in [-0.3, -0.25) is 0 Å². The van der Waals surface area contributed by atoms with Crippen LogP contribution in [0.1, 0.15) is 49.7 Å². The molecule has 1 saturated carbocycles. The van der Waals surface area contributed by atoms with Crippen LogP contribution in [0.15, 0.2) is 18.2 Å². The van der Waals surface area contributed by atoms with Gasteiger partial charge in [0.1, 0.15) is 0 Å². The molecule has 1 saturated heterocycles. The Kier molecular flexibility index (Phi) is 3.79. The first-order valence-electron chi connectivity index (χ1n) is 7.86. The van der Waals surface area contributed by atoms with Gasteiger partial charge in [-0.1, -0.05) is 18.9 Å². The molecule has 1 aliphatic heterocycles. The van der Waals surface area contributed by atoms with Gasteiger partial charge in [0.25, 0.3) is 0 Å². The van der Waals surface area contributed by atoms with Crippen LogP contribution in [-0.4, -0.2) is 12.6 Å². The van der Waals surface area contributed by atoms with E-state index in [0.29, 0.717) is 6.54 Å². The zero-order valence-electron chi connectivity index (χ0n) is 12.1. The molecule has 1 aromatic carbocycles. The van der Waals surface area contributed by atoms with Crippen molar-refractivity contribution in [1.29, 1.82) is 0 Å². The van der Waals surface area contributed by atoms with Gasteiger partial charge < -0.3 is 10.6 Å². The van der Waals surface area contributed by atoms with Gasteiger partial charge in [-0.2, -0.15) is 0 Å². The van der Waals surface area contributed by atoms with Crippen molar-refractivity contribution in [2.24, 2.45) is 11.7 Å². The number of nitrogens with zero attached hydrogens (tertiary/aromatic N) is 1. The lowest BCUT2D eigenvalue weighted by Gasteiger charge is -2.45. The summed E-state index contributed by atoms with van der Waals surface area (Å²) < 4.78 is 0. The van der Waals surface area contributed by atoms with Gasteiger partial charge in [-0.25, -0.2) is 0 Å².